The molecule has 0 aliphatic heterocycles. The second kappa shape index (κ2) is 6.76. The fraction of sp³-hybridized carbons (Fsp3) is 0.500. The van der Waals surface area contributed by atoms with Crippen LogP contribution in [0.4, 0.5) is 0 Å². The van der Waals surface area contributed by atoms with Crippen LogP contribution in [-0.4, -0.2) is 51.7 Å². The third-order valence-corrected chi connectivity index (χ3v) is 3.86. The van der Waals surface area contributed by atoms with Crippen molar-refractivity contribution in [3.05, 3.63) is 34.3 Å². The summed E-state index contributed by atoms with van der Waals surface area (Å²) < 4.78 is 0. The Balaban J connectivity index is 2.25. The molecule has 0 saturated heterocycles. The molecule has 2 rings (SSSR count). The second-order valence-electron chi connectivity index (χ2n) is 4.33. The number of hydrogen-bond acceptors (Lipinski definition) is 6. The lowest BCUT2D eigenvalue weighted by molar-refractivity contribution is 0.195. The largest absolute Gasteiger partial charge is 0.395 e. The lowest BCUT2D eigenvalue weighted by Gasteiger charge is -2.24. The first-order valence-electron chi connectivity index (χ1n) is 6.20. The molecule has 0 radical (unpaired) electrons. The van der Waals surface area contributed by atoms with Gasteiger partial charge in [0, 0.05) is 24.5 Å². The summed E-state index contributed by atoms with van der Waals surface area (Å²) in [6.07, 6.45) is 4.24. The molecule has 0 amide bonds. The molecular weight excluding hydrogens is 262 g/mol. The van der Waals surface area contributed by atoms with Crippen LogP contribution in [-0.2, 0) is 6.42 Å². The molecule has 0 aliphatic rings. The number of hydrogen-bond donors (Lipinski definition) is 3. The topological polar surface area (TPSA) is 91.1 Å². The highest BCUT2D eigenvalue weighted by molar-refractivity contribution is 7.09. The summed E-state index contributed by atoms with van der Waals surface area (Å²) in [6.45, 7) is 1.29. The van der Waals surface area contributed by atoms with E-state index in [2.05, 4.69) is 19.9 Å². The Kier molecular flexibility index (Phi) is 5.03. The van der Waals surface area contributed by atoms with Gasteiger partial charge in [-0.05, 0) is 13.6 Å². The number of likely N-dealkylation sites (N-methyl/N-ethyl adjacent to an activating group) is 1. The molecule has 0 saturated carbocycles. The molecule has 6 nitrogen and oxygen atoms in total. The van der Waals surface area contributed by atoms with Crippen molar-refractivity contribution in [2.24, 2.45) is 5.73 Å². The Morgan fingerprint density at radius 2 is 2.42 bits per heavy atom. The summed E-state index contributed by atoms with van der Waals surface area (Å²) in [6, 6.07) is -0.00817. The van der Waals surface area contributed by atoms with Crippen molar-refractivity contribution in [3.8, 4) is 0 Å². The Morgan fingerprint density at radius 3 is 3.05 bits per heavy atom. The van der Waals surface area contributed by atoms with E-state index in [9.17, 15) is 0 Å². The number of aliphatic hydroxyl groups excluding tert-OH is 1. The number of aromatic nitrogens is 3. The van der Waals surface area contributed by atoms with Gasteiger partial charge in [-0.15, -0.1) is 11.3 Å². The summed E-state index contributed by atoms with van der Waals surface area (Å²) in [5.41, 5.74) is 7.55. The van der Waals surface area contributed by atoms with Gasteiger partial charge < -0.3 is 15.8 Å². The van der Waals surface area contributed by atoms with Crippen LogP contribution in [0.5, 0.6) is 0 Å². The zero-order chi connectivity index (χ0) is 13.7. The number of nitrogens with one attached hydrogen (secondary N) is 1. The van der Waals surface area contributed by atoms with E-state index in [4.69, 9.17) is 10.8 Å². The lowest BCUT2D eigenvalue weighted by Crippen LogP contribution is -2.28. The standard InChI is InChI=1S/C12H19N5OS/c1-17(4-5-18)11(10-6-14-8-15-10)12-16-9(2-3-13)7-19-12/h6-8,11,18H,2-5,13H2,1H3,(H,14,15). The molecule has 0 aromatic carbocycles. The van der Waals surface area contributed by atoms with Gasteiger partial charge in [0.2, 0.25) is 0 Å². The molecule has 1 atom stereocenters. The predicted molar refractivity (Wildman–Crippen MR) is 75.0 cm³/mol. The third kappa shape index (κ3) is 3.38. The van der Waals surface area contributed by atoms with Gasteiger partial charge in [-0.3, -0.25) is 4.90 Å². The zero-order valence-electron chi connectivity index (χ0n) is 10.9. The number of nitrogens with zero attached hydrogens (tertiary/aromatic N) is 3. The highest BCUT2D eigenvalue weighted by atomic mass is 32.1. The van der Waals surface area contributed by atoms with Crippen LogP contribution in [0.1, 0.15) is 22.4 Å². The van der Waals surface area contributed by atoms with Gasteiger partial charge in [-0.25, -0.2) is 9.97 Å². The number of thiazole rings is 1. The average Bonchev–Trinajstić information content (AvgIpc) is 3.03. The van der Waals surface area contributed by atoms with Crippen molar-refractivity contribution in [1.82, 2.24) is 19.9 Å². The highest BCUT2D eigenvalue weighted by Crippen LogP contribution is 2.28. The molecule has 0 bridgehead atoms. The van der Waals surface area contributed by atoms with Gasteiger partial charge in [0.05, 0.1) is 24.3 Å². The maximum absolute atomic E-state index is 9.12. The lowest BCUT2D eigenvalue weighted by atomic mass is 10.2. The smallest absolute Gasteiger partial charge is 0.116 e. The van der Waals surface area contributed by atoms with E-state index in [0.29, 0.717) is 13.1 Å². The summed E-state index contributed by atoms with van der Waals surface area (Å²) in [5, 5.41) is 12.1. The van der Waals surface area contributed by atoms with Gasteiger partial charge >= 0.3 is 0 Å². The maximum Gasteiger partial charge on any atom is 0.116 e. The van der Waals surface area contributed by atoms with E-state index in [0.717, 1.165) is 22.8 Å². The molecule has 0 aliphatic carbocycles. The maximum atomic E-state index is 9.12. The highest BCUT2D eigenvalue weighted by Gasteiger charge is 2.23. The van der Waals surface area contributed by atoms with E-state index in [1.165, 1.54) is 0 Å². The van der Waals surface area contributed by atoms with Crippen LogP contribution in [0, 0.1) is 0 Å². The normalized spacial score (nSPS) is 13.1. The Bertz CT molecular complexity index is 484. The SMILES string of the molecule is CN(CCO)C(c1cnc[nH]1)c1nc(CCN)cs1. The average molecular weight is 281 g/mol. The molecule has 2 aromatic heterocycles. The van der Waals surface area contributed by atoms with Crippen LogP contribution in [0.25, 0.3) is 0 Å². The zero-order valence-corrected chi connectivity index (χ0v) is 11.7. The predicted octanol–water partition coefficient (Wildman–Crippen LogP) is 0.381. The molecule has 7 heteroatoms. The van der Waals surface area contributed by atoms with Crippen molar-refractivity contribution in [3.63, 3.8) is 0 Å². The van der Waals surface area contributed by atoms with Crippen LogP contribution in [0.15, 0.2) is 17.9 Å². The molecule has 19 heavy (non-hydrogen) atoms. The minimum atomic E-state index is -0.00817. The summed E-state index contributed by atoms with van der Waals surface area (Å²) in [7, 11) is 1.96. The number of nitrogens with two attached hydrogens (primary N) is 1. The van der Waals surface area contributed by atoms with E-state index in [1.807, 2.05) is 12.4 Å². The molecule has 104 valence electrons. The van der Waals surface area contributed by atoms with Crippen molar-refractivity contribution in [2.45, 2.75) is 12.5 Å². The number of H-pyrrole nitrogens is 1. The van der Waals surface area contributed by atoms with Gasteiger partial charge in [-0.1, -0.05) is 0 Å². The second-order valence-corrected chi connectivity index (χ2v) is 5.22. The molecule has 2 heterocycles. The first-order chi connectivity index (χ1) is 9.26. The number of aromatic amines is 1. The van der Waals surface area contributed by atoms with Crippen LogP contribution < -0.4 is 5.73 Å². The van der Waals surface area contributed by atoms with Gasteiger partial charge in [-0.2, -0.15) is 0 Å². The number of aliphatic hydroxyl groups is 1. The van der Waals surface area contributed by atoms with Crippen molar-refractivity contribution in [1.29, 1.82) is 0 Å². The van der Waals surface area contributed by atoms with E-state index in [1.54, 1.807) is 23.9 Å². The number of rotatable bonds is 7. The molecule has 1 unspecified atom stereocenters. The first-order valence-corrected chi connectivity index (χ1v) is 7.08. The van der Waals surface area contributed by atoms with Crippen molar-refractivity contribution >= 4 is 11.3 Å². The molecular formula is C12H19N5OS. The molecule has 0 fully saturated rings. The van der Waals surface area contributed by atoms with Crippen molar-refractivity contribution < 1.29 is 5.11 Å². The summed E-state index contributed by atoms with van der Waals surface area (Å²) >= 11 is 1.61. The van der Waals surface area contributed by atoms with E-state index in [-0.39, 0.29) is 12.6 Å². The minimum Gasteiger partial charge on any atom is -0.395 e. The minimum absolute atomic E-state index is 0.00817. The monoisotopic (exact) mass is 281 g/mol. The summed E-state index contributed by atoms with van der Waals surface area (Å²) in [5.74, 6) is 0. The van der Waals surface area contributed by atoms with Gasteiger partial charge in [0.1, 0.15) is 11.0 Å². The first kappa shape index (κ1) is 14.1. The van der Waals surface area contributed by atoms with E-state index >= 15 is 0 Å². The summed E-state index contributed by atoms with van der Waals surface area (Å²) in [4.78, 5) is 13.9. The Morgan fingerprint density at radius 1 is 1.58 bits per heavy atom. The number of imidazole rings is 1. The fourth-order valence-electron chi connectivity index (χ4n) is 1.97. The van der Waals surface area contributed by atoms with E-state index < -0.39 is 0 Å². The Hall–Kier alpha value is -1.28. The van der Waals surface area contributed by atoms with Crippen LogP contribution in [0.2, 0.25) is 0 Å². The van der Waals surface area contributed by atoms with Crippen LogP contribution in [0.3, 0.4) is 0 Å². The fourth-order valence-corrected chi connectivity index (χ4v) is 3.01. The molecule has 4 N–H and O–H groups in total. The van der Waals surface area contributed by atoms with Gasteiger partial charge in [0.25, 0.3) is 0 Å². The quantitative estimate of drug-likeness (QED) is 0.682. The van der Waals surface area contributed by atoms with Gasteiger partial charge in [0.15, 0.2) is 0 Å². The molecule has 0 spiro atoms. The van der Waals surface area contributed by atoms with Crippen molar-refractivity contribution in [2.75, 3.05) is 26.7 Å². The molecule has 2 aromatic rings. The van der Waals surface area contributed by atoms with Crippen LogP contribution >= 0.6 is 11.3 Å². The Labute approximate surface area is 116 Å². The third-order valence-electron chi connectivity index (χ3n) is 2.91.